The van der Waals surface area contributed by atoms with Gasteiger partial charge >= 0.3 is 0 Å². The SMILES string of the molecule is O=S(=O)(NC(CCl)c1ccccc1)c1ccn[nH]1. The molecule has 1 aromatic carbocycles. The summed E-state index contributed by atoms with van der Waals surface area (Å²) in [6, 6.07) is 10.1. The van der Waals surface area contributed by atoms with E-state index in [1.165, 1.54) is 12.3 Å². The van der Waals surface area contributed by atoms with Crippen LogP contribution in [0, 0.1) is 0 Å². The Labute approximate surface area is 110 Å². The zero-order valence-corrected chi connectivity index (χ0v) is 10.9. The summed E-state index contributed by atoms with van der Waals surface area (Å²) in [7, 11) is -3.63. The van der Waals surface area contributed by atoms with E-state index in [4.69, 9.17) is 11.6 Å². The zero-order valence-electron chi connectivity index (χ0n) is 9.38. The molecular formula is C11H12ClN3O2S. The van der Waals surface area contributed by atoms with Crippen LogP contribution in [0.3, 0.4) is 0 Å². The van der Waals surface area contributed by atoms with E-state index in [1.54, 1.807) is 0 Å². The quantitative estimate of drug-likeness (QED) is 0.821. The van der Waals surface area contributed by atoms with Crippen LogP contribution in [0.5, 0.6) is 0 Å². The van der Waals surface area contributed by atoms with Crippen molar-refractivity contribution in [1.82, 2.24) is 14.9 Å². The van der Waals surface area contributed by atoms with Crippen molar-refractivity contribution in [2.45, 2.75) is 11.1 Å². The minimum absolute atomic E-state index is 0.0218. The van der Waals surface area contributed by atoms with Crippen molar-refractivity contribution < 1.29 is 8.42 Å². The second kappa shape index (κ2) is 5.51. The molecule has 0 saturated heterocycles. The molecular weight excluding hydrogens is 274 g/mol. The summed E-state index contributed by atoms with van der Waals surface area (Å²) < 4.78 is 26.5. The Morgan fingerprint density at radius 1 is 1.28 bits per heavy atom. The predicted octanol–water partition coefficient (Wildman–Crippen LogP) is 1.67. The van der Waals surface area contributed by atoms with Gasteiger partial charge in [0, 0.05) is 5.88 Å². The molecule has 96 valence electrons. The molecule has 0 amide bonds. The molecule has 0 aliphatic carbocycles. The van der Waals surface area contributed by atoms with Gasteiger partial charge in [0.15, 0.2) is 5.03 Å². The van der Waals surface area contributed by atoms with Gasteiger partial charge in [-0.1, -0.05) is 30.3 Å². The molecule has 2 aromatic rings. The maximum absolute atomic E-state index is 12.0. The van der Waals surface area contributed by atoms with Crippen molar-refractivity contribution in [3.8, 4) is 0 Å². The monoisotopic (exact) mass is 285 g/mol. The van der Waals surface area contributed by atoms with E-state index in [0.717, 1.165) is 5.56 Å². The zero-order chi connectivity index (χ0) is 13.0. The maximum Gasteiger partial charge on any atom is 0.258 e. The van der Waals surface area contributed by atoms with Crippen molar-refractivity contribution in [3.63, 3.8) is 0 Å². The lowest BCUT2D eigenvalue weighted by molar-refractivity contribution is 0.563. The van der Waals surface area contributed by atoms with Crippen LogP contribution in [0.15, 0.2) is 47.6 Å². The van der Waals surface area contributed by atoms with Gasteiger partial charge in [-0.3, -0.25) is 5.10 Å². The predicted molar refractivity (Wildman–Crippen MR) is 68.8 cm³/mol. The number of aromatic nitrogens is 2. The van der Waals surface area contributed by atoms with Crippen molar-refractivity contribution in [1.29, 1.82) is 0 Å². The second-order valence-electron chi connectivity index (χ2n) is 3.66. The molecule has 0 aliphatic rings. The lowest BCUT2D eigenvalue weighted by Crippen LogP contribution is -2.30. The third kappa shape index (κ3) is 2.90. The summed E-state index contributed by atoms with van der Waals surface area (Å²) in [6.45, 7) is 0. The Morgan fingerprint density at radius 2 is 2.00 bits per heavy atom. The minimum atomic E-state index is -3.63. The fraction of sp³-hybridized carbons (Fsp3) is 0.182. The first kappa shape index (κ1) is 13.1. The van der Waals surface area contributed by atoms with Crippen LogP contribution < -0.4 is 4.72 Å². The Bertz CT molecular complexity index is 584. The average molecular weight is 286 g/mol. The molecule has 1 aromatic heterocycles. The van der Waals surface area contributed by atoms with Crippen molar-refractivity contribution in [3.05, 3.63) is 48.2 Å². The van der Waals surface area contributed by atoms with Crippen molar-refractivity contribution >= 4 is 21.6 Å². The Morgan fingerprint density at radius 3 is 2.56 bits per heavy atom. The molecule has 0 radical (unpaired) electrons. The van der Waals surface area contributed by atoms with E-state index >= 15 is 0 Å². The van der Waals surface area contributed by atoms with Crippen molar-refractivity contribution in [2.75, 3.05) is 5.88 Å². The summed E-state index contributed by atoms with van der Waals surface area (Å²) in [5, 5.41) is 6.05. The molecule has 0 bridgehead atoms. The number of nitrogens with zero attached hydrogens (tertiary/aromatic N) is 1. The van der Waals surface area contributed by atoms with Crippen LogP contribution in [0.2, 0.25) is 0 Å². The summed E-state index contributed by atoms with van der Waals surface area (Å²) >= 11 is 5.82. The second-order valence-corrected chi connectivity index (χ2v) is 5.65. The fourth-order valence-corrected chi connectivity index (χ4v) is 3.00. The van der Waals surface area contributed by atoms with Crippen LogP contribution >= 0.6 is 11.6 Å². The molecule has 0 aliphatic heterocycles. The first-order valence-electron chi connectivity index (χ1n) is 5.26. The topological polar surface area (TPSA) is 74.8 Å². The molecule has 0 saturated carbocycles. The molecule has 2 N–H and O–H groups in total. The fourth-order valence-electron chi connectivity index (χ4n) is 1.52. The molecule has 7 heteroatoms. The number of alkyl halides is 1. The van der Waals surface area contributed by atoms with Crippen LogP contribution in [0.1, 0.15) is 11.6 Å². The van der Waals surface area contributed by atoms with E-state index in [1.807, 2.05) is 30.3 Å². The summed E-state index contributed by atoms with van der Waals surface area (Å²) in [5.41, 5.74) is 0.815. The highest BCUT2D eigenvalue weighted by Crippen LogP contribution is 2.17. The Kier molecular flexibility index (Phi) is 4.00. The molecule has 2 rings (SSSR count). The molecule has 5 nitrogen and oxygen atoms in total. The van der Waals surface area contributed by atoms with Gasteiger partial charge in [-0.2, -0.15) is 5.10 Å². The lowest BCUT2D eigenvalue weighted by Gasteiger charge is -2.15. The van der Waals surface area contributed by atoms with Crippen LogP contribution in [0.25, 0.3) is 0 Å². The van der Waals surface area contributed by atoms with E-state index in [-0.39, 0.29) is 10.9 Å². The van der Waals surface area contributed by atoms with Crippen LogP contribution in [0.4, 0.5) is 0 Å². The van der Waals surface area contributed by atoms with Crippen LogP contribution in [-0.2, 0) is 10.0 Å². The first-order valence-corrected chi connectivity index (χ1v) is 7.28. The summed E-state index contributed by atoms with van der Waals surface area (Å²) in [6.07, 6.45) is 1.38. The molecule has 1 heterocycles. The largest absolute Gasteiger partial charge is 0.266 e. The van der Waals surface area contributed by atoms with E-state index in [2.05, 4.69) is 14.9 Å². The molecule has 0 fully saturated rings. The highest BCUT2D eigenvalue weighted by molar-refractivity contribution is 7.89. The molecule has 18 heavy (non-hydrogen) atoms. The van der Waals surface area contributed by atoms with Crippen molar-refractivity contribution in [2.24, 2.45) is 0 Å². The Hall–Kier alpha value is -1.37. The van der Waals surface area contributed by atoms with Gasteiger partial charge in [-0.05, 0) is 11.6 Å². The number of benzene rings is 1. The standard InChI is InChI=1S/C11H12ClN3O2S/c12-8-10(9-4-2-1-3-5-9)15-18(16,17)11-6-7-13-14-11/h1-7,10,15H,8H2,(H,13,14). The number of sulfonamides is 1. The molecule has 1 unspecified atom stereocenters. The number of nitrogens with one attached hydrogen (secondary N) is 2. The maximum atomic E-state index is 12.0. The Balaban J connectivity index is 2.22. The molecule has 1 atom stereocenters. The summed E-state index contributed by atoms with van der Waals surface area (Å²) in [4.78, 5) is 0. The highest BCUT2D eigenvalue weighted by atomic mass is 35.5. The third-order valence-electron chi connectivity index (χ3n) is 2.42. The number of H-pyrrole nitrogens is 1. The minimum Gasteiger partial charge on any atom is -0.266 e. The van der Waals surface area contributed by atoms with Gasteiger partial charge in [-0.15, -0.1) is 11.6 Å². The number of halogens is 1. The van der Waals surface area contributed by atoms with Gasteiger partial charge in [0.2, 0.25) is 0 Å². The van der Waals surface area contributed by atoms with Gasteiger partial charge in [0.05, 0.1) is 12.2 Å². The van der Waals surface area contributed by atoms with E-state index < -0.39 is 16.1 Å². The number of hydrogen-bond donors (Lipinski definition) is 2. The van der Waals surface area contributed by atoms with Gasteiger partial charge in [-0.25, -0.2) is 13.1 Å². The van der Waals surface area contributed by atoms with E-state index in [0.29, 0.717) is 0 Å². The number of rotatable bonds is 5. The number of aromatic amines is 1. The lowest BCUT2D eigenvalue weighted by atomic mass is 10.1. The average Bonchev–Trinajstić information content (AvgIpc) is 2.92. The normalized spacial score (nSPS) is 13.4. The van der Waals surface area contributed by atoms with Gasteiger partial charge < -0.3 is 0 Å². The van der Waals surface area contributed by atoms with E-state index in [9.17, 15) is 8.42 Å². The smallest absolute Gasteiger partial charge is 0.258 e. The molecule has 0 spiro atoms. The summed E-state index contributed by atoms with van der Waals surface area (Å²) in [5.74, 6) is 0.150. The van der Waals surface area contributed by atoms with Gasteiger partial charge in [0.1, 0.15) is 0 Å². The van der Waals surface area contributed by atoms with Crippen LogP contribution in [-0.4, -0.2) is 24.5 Å². The first-order chi connectivity index (χ1) is 8.63. The number of hydrogen-bond acceptors (Lipinski definition) is 3. The third-order valence-corrected chi connectivity index (χ3v) is 4.13. The highest BCUT2D eigenvalue weighted by Gasteiger charge is 2.21. The van der Waals surface area contributed by atoms with Gasteiger partial charge in [0.25, 0.3) is 10.0 Å².